The van der Waals surface area contributed by atoms with E-state index in [2.05, 4.69) is 22.6 Å². The molecule has 0 aromatic heterocycles. The number of hydrogen-bond donors (Lipinski definition) is 3. The Morgan fingerprint density at radius 2 is 1.93 bits per heavy atom. The third-order valence-electron chi connectivity index (χ3n) is 4.97. The number of anilines is 1. The van der Waals surface area contributed by atoms with Gasteiger partial charge in [-0.15, -0.1) is 0 Å². The molecule has 2 aromatic carbocycles. The lowest BCUT2D eigenvalue weighted by molar-refractivity contribution is 0.173. The van der Waals surface area contributed by atoms with Crippen molar-refractivity contribution in [2.45, 2.75) is 19.1 Å². The summed E-state index contributed by atoms with van der Waals surface area (Å²) in [5, 5.41) is 15.9. The Hall–Kier alpha value is -2.93. The molecule has 2 aromatic rings. The standard InChI is InChI=1S/C21H27N3O4/c1-24-9-8-15-11-16(5-6-17(15)24)18(25)13-23-21(26)22-12-14-4-7-19(27-2)20(10-14)28-3/h4-7,10-11,18,25H,8-9,12-13H2,1-3H3,(H2,22,23,26). The summed E-state index contributed by atoms with van der Waals surface area (Å²) in [7, 11) is 5.21. The van der Waals surface area contributed by atoms with Crippen LogP contribution in [0.1, 0.15) is 22.8 Å². The highest BCUT2D eigenvalue weighted by Gasteiger charge is 2.18. The third kappa shape index (κ3) is 4.48. The van der Waals surface area contributed by atoms with E-state index in [4.69, 9.17) is 9.47 Å². The summed E-state index contributed by atoms with van der Waals surface area (Å²) in [5.41, 5.74) is 4.14. The van der Waals surface area contributed by atoms with E-state index < -0.39 is 6.10 Å². The SMILES string of the molecule is COc1ccc(CNC(=O)NCC(O)c2ccc3c(c2)CCN3C)cc1OC. The zero-order chi connectivity index (χ0) is 20.1. The lowest BCUT2D eigenvalue weighted by Gasteiger charge is -2.16. The number of fused-ring (bicyclic) bond motifs is 1. The van der Waals surface area contributed by atoms with E-state index in [1.807, 2.05) is 30.3 Å². The lowest BCUT2D eigenvalue weighted by atomic mass is 10.0. The van der Waals surface area contributed by atoms with Crippen LogP contribution in [0.25, 0.3) is 0 Å². The van der Waals surface area contributed by atoms with Crippen molar-refractivity contribution in [2.75, 3.05) is 39.3 Å². The molecule has 3 rings (SSSR count). The van der Waals surface area contributed by atoms with Crippen LogP contribution in [0, 0.1) is 0 Å². The smallest absolute Gasteiger partial charge is 0.315 e. The average molecular weight is 385 g/mol. The van der Waals surface area contributed by atoms with Crippen molar-refractivity contribution in [2.24, 2.45) is 0 Å². The van der Waals surface area contributed by atoms with Crippen molar-refractivity contribution < 1.29 is 19.4 Å². The summed E-state index contributed by atoms with van der Waals surface area (Å²) < 4.78 is 10.5. The van der Waals surface area contributed by atoms with Gasteiger partial charge < -0.3 is 30.1 Å². The number of methoxy groups -OCH3 is 2. The summed E-state index contributed by atoms with van der Waals surface area (Å²) in [6, 6.07) is 11.1. The number of hydrogen-bond acceptors (Lipinski definition) is 5. The minimum Gasteiger partial charge on any atom is -0.493 e. The summed E-state index contributed by atoms with van der Waals surface area (Å²) in [6.07, 6.45) is 0.231. The Labute approximate surface area is 165 Å². The highest BCUT2D eigenvalue weighted by molar-refractivity contribution is 5.74. The topological polar surface area (TPSA) is 83.1 Å². The molecule has 0 saturated heterocycles. The van der Waals surface area contributed by atoms with Crippen LogP contribution in [0.4, 0.5) is 10.5 Å². The first-order valence-corrected chi connectivity index (χ1v) is 9.26. The minimum atomic E-state index is -0.747. The molecule has 1 unspecified atom stereocenters. The number of nitrogens with zero attached hydrogens (tertiary/aromatic N) is 1. The van der Waals surface area contributed by atoms with Crippen molar-refractivity contribution in [3.05, 3.63) is 53.1 Å². The van der Waals surface area contributed by atoms with E-state index in [9.17, 15) is 9.90 Å². The van der Waals surface area contributed by atoms with Crippen molar-refractivity contribution in [1.29, 1.82) is 0 Å². The van der Waals surface area contributed by atoms with E-state index >= 15 is 0 Å². The van der Waals surface area contributed by atoms with Crippen LogP contribution in [-0.2, 0) is 13.0 Å². The third-order valence-corrected chi connectivity index (χ3v) is 4.97. The Kier molecular flexibility index (Phi) is 6.26. The minimum absolute atomic E-state index is 0.145. The van der Waals surface area contributed by atoms with Gasteiger partial charge in [0.15, 0.2) is 11.5 Å². The van der Waals surface area contributed by atoms with Gasteiger partial charge in [-0.3, -0.25) is 0 Å². The van der Waals surface area contributed by atoms with Crippen LogP contribution in [0.3, 0.4) is 0 Å². The predicted octanol–water partition coefficient (Wildman–Crippen LogP) is 2.23. The first-order valence-electron chi connectivity index (χ1n) is 9.26. The fourth-order valence-corrected chi connectivity index (χ4v) is 3.34. The van der Waals surface area contributed by atoms with Crippen LogP contribution < -0.4 is 25.0 Å². The second kappa shape index (κ2) is 8.84. The van der Waals surface area contributed by atoms with E-state index in [-0.39, 0.29) is 12.6 Å². The van der Waals surface area contributed by atoms with Crippen LogP contribution in [0.15, 0.2) is 36.4 Å². The molecule has 0 saturated carbocycles. The molecule has 3 N–H and O–H groups in total. The maximum Gasteiger partial charge on any atom is 0.315 e. The monoisotopic (exact) mass is 385 g/mol. The number of urea groups is 1. The van der Waals surface area contributed by atoms with Gasteiger partial charge in [0.2, 0.25) is 0 Å². The molecule has 0 fully saturated rings. The molecule has 1 heterocycles. The number of ether oxygens (including phenoxy) is 2. The van der Waals surface area contributed by atoms with Crippen LogP contribution in [0.2, 0.25) is 0 Å². The molecule has 7 nitrogen and oxygen atoms in total. The molecule has 0 spiro atoms. The van der Waals surface area contributed by atoms with E-state index in [1.165, 1.54) is 11.3 Å². The number of aliphatic hydroxyl groups excluding tert-OH is 1. The Balaban J connectivity index is 1.49. The highest BCUT2D eigenvalue weighted by Crippen LogP contribution is 2.29. The zero-order valence-corrected chi connectivity index (χ0v) is 16.5. The van der Waals surface area contributed by atoms with Crippen LogP contribution >= 0.6 is 0 Å². The Morgan fingerprint density at radius 3 is 2.68 bits per heavy atom. The summed E-state index contributed by atoms with van der Waals surface area (Å²) >= 11 is 0. The summed E-state index contributed by atoms with van der Waals surface area (Å²) in [5.74, 6) is 1.25. The highest BCUT2D eigenvalue weighted by atomic mass is 16.5. The van der Waals surface area contributed by atoms with Gasteiger partial charge in [0, 0.05) is 32.4 Å². The first kappa shape index (κ1) is 19.8. The van der Waals surface area contributed by atoms with Gasteiger partial charge in [0.1, 0.15) is 0 Å². The normalized spacial score (nSPS) is 13.6. The molecular weight excluding hydrogens is 358 g/mol. The largest absolute Gasteiger partial charge is 0.493 e. The molecule has 2 amide bonds. The molecule has 1 atom stereocenters. The predicted molar refractivity (Wildman–Crippen MR) is 108 cm³/mol. The van der Waals surface area contributed by atoms with E-state index in [0.717, 1.165) is 24.1 Å². The number of likely N-dealkylation sites (N-methyl/N-ethyl adjacent to an activating group) is 1. The number of carbonyl (C=O) groups is 1. The van der Waals surface area contributed by atoms with Gasteiger partial charge in [0.25, 0.3) is 0 Å². The summed E-state index contributed by atoms with van der Waals surface area (Å²) in [4.78, 5) is 14.3. The molecule has 1 aliphatic heterocycles. The van der Waals surface area contributed by atoms with Crippen molar-refractivity contribution in [3.63, 3.8) is 0 Å². The zero-order valence-electron chi connectivity index (χ0n) is 16.5. The Bertz CT molecular complexity index is 840. The van der Waals surface area contributed by atoms with Gasteiger partial charge in [-0.2, -0.15) is 0 Å². The molecule has 7 heteroatoms. The Morgan fingerprint density at radius 1 is 1.14 bits per heavy atom. The number of amides is 2. The number of aliphatic hydroxyl groups is 1. The number of carbonyl (C=O) groups excluding carboxylic acids is 1. The van der Waals surface area contributed by atoms with E-state index in [0.29, 0.717) is 18.0 Å². The number of benzene rings is 2. The molecule has 150 valence electrons. The second-order valence-electron chi connectivity index (χ2n) is 6.83. The van der Waals surface area contributed by atoms with Gasteiger partial charge in [-0.05, 0) is 41.3 Å². The molecule has 0 bridgehead atoms. The lowest BCUT2D eigenvalue weighted by Crippen LogP contribution is -2.37. The first-order chi connectivity index (χ1) is 13.5. The molecule has 1 aliphatic rings. The van der Waals surface area contributed by atoms with Gasteiger partial charge in [-0.25, -0.2) is 4.79 Å². The number of rotatable bonds is 7. The van der Waals surface area contributed by atoms with Gasteiger partial charge >= 0.3 is 6.03 Å². The fraction of sp³-hybridized carbons (Fsp3) is 0.381. The van der Waals surface area contributed by atoms with Crippen molar-refractivity contribution >= 4 is 11.7 Å². The van der Waals surface area contributed by atoms with Crippen LogP contribution in [-0.4, -0.2) is 45.5 Å². The quantitative estimate of drug-likeness (QED) is 0.681. The molecule has 28 heavy (non-hydrogen) atoms. The average Bonchev–Trinajstić information content (AvgIpc) is 3.10. The fourth-order valence-electron chi connectivity index (χ4n) is 3.34. The van der Waals surface area contributed by atoms with Gasteiger partial charge in [0.05, 0.1) is 20.3 Å². The van der Waals surface area contributed by atoms with Gasteiger partial charge in [-0.1, -0.05) is 18.2 Å². The maximum absolute atomic E-state index is 12.1. The number of nitrogens with one attached hydrogen (secondary N) is 2. The molecule has 0 radical (unpaired) electrons. The second-order valence-corrected chi connectivity index (χ2v) is 6.83. The van der Waals surface area contributed by atoms with E-state index in [1.54, 1.807) is 20.3 Å². The molecular formula is C21H27N3O4. The summed E-state index contributed by atoms with van der Waals surface area (Å²) in [6.45, 7) is 1.48. The van der Waals surface area contributed by atoms with Crippen LogP contribution in [0.5, 0.6) is 11.5 Å². The maximum atomic E-state index is 12.1. The van der Waals surface area contributed by atoms with Crippen molar-refractivity contribution in [3.8, 4) is 11.5 Å². The molecule has 0 aliphatic carbocycles. The van der Waals surface area contributed by atoms with Crippen molar-refractivity contribution in [1.82, 2.24) is 10.6 Å².